The van der Waals surface area contributed by atoms with Gasteiger partial charge in [0, 0.05) is 31.1 Å². The van der Waals surface area contributed by atoms with Crippen molar-refractivity contribution in [3.8, 4) is 0 Å². The number of hydrogen-bond donors (Lipinski definition) is 1. The number of carbonyl (C=O) groups is 1. The second-order valence-electron chi connectivity index (χ2n) is 6.45. The lowest BCUT2D eigenvalue weighted by atomic mass is 10.1. The fourth-order valence-electron chi connectivity index (χ4n) is 2.77. The van der Waals surface area contributed by atoms with Crippen LogP contribution in [0.4, 0.5) is 0 Å². The van der Waals surface area contributed by atoms with Crippen molar-refractivity contribution in [3.05, 3.63) is 17.8 Å². The highest BCUT2D eigenvalue weighted by molar-refractivity contribution is 5.92. The summed E-state index contributed by atoms with van der Waals surface area (Å²) in [6.45, 7) is 8.52. The summed E-state index contributed by atoms with van der Waals surface area (Å²) >= 11 is 0. The Morgan fingerprint density at radius 3 is 2.80 bits per heavy atom. The maximum absolute atomic E-state index is 12.2. The molecule has 2 heterocycles. The lowest BCUT2D eigenvalue weighted by Gasteiger charge is -2.20. The van der Waals surface area contributed by atoms with Crippen molar-refractivity contribution in [1.82, 2.24) is 15.2 Å². The Hall–Kier alpha value is -1.36. The summed E-state index contributed by atoms with van der Waals surface area (Å²) in [7, 11) is 0. The van der Waals surface area contributed by atoms with Gasteiger partial charge < -0.3 is 9.73 Å². The topological polar surface area (TPSA) is 58.4 Å². The van der Waals surface area contributed by atoms with Gasteiger partial charge >= 0.3 is 0 Å². The Balaban J connectivity index is 1.60. The highest BCUT2D eigenvalue weighted by atomic mass is 16.3. The van der Waals surface area contributed by atoms with Gasteiger partial charge in [-0.3, -0.25) is 9.69 Å². The van der Waals surface area contributed by atoms with Crippen LogP contribution in [-0.2, 0) is 0 Å². The van der Waals surface area contributed by atoms with Gasteiger partial charge in [0.1, 0.15) is 6.26 Å². The molecule has 3 rings (SSSR count). The van der Waals surface area contributed by atoms with Crippen LogP contribution in [-0.4, -0.2) is 41.0 Å². The molecule has 20 heavy (non-hydrogen) atoms. The highest BCUT2D eigenvalue weighted by Crippen LogP contribution is 2.39. The van der Waals surface area contributed by atoms with E-state index in [9.17, 15) is 4.79 Å². The van der Waals surface area contributed by atoms with Crippen LogP contribution in [0.25, 0.3) is 0 Å². The monoisotopic (exact) mass is 277 g/mol. The number of amides is 1. The van der Waals surface area contributed by atoms with Crippen molar-refractivity contribution in [2.75, 3.05) is 13.1 Å². The lowest BCUT2D eigenvalue weighted by molar-refractivity contribution is 0.0925. The van der Waals surface area contributed by atoms with E-state index in [1.54, 1.807) is 0 Å². The highest BCUT2D eigenvalue weighted by Gasteiger charge is 2.33. The zero-order valence-corrected chi connectivity index (χ0v) is 12.4. The second-order valence-corrected chi connectivity index (χ2v) is 6.45. The largest absolute Gasteiger partial charge is 0.448 e. The number of hydrogen-bond acceptors (Lipinski definition) is 4. The van der Waals surface area contributed by atoms with Gasteiger partial charge in [-0.25, -0.2) is 4.98 Å². The normalized spacial score (nSPS) is 27.2. The molecular weight excluding hydrogens is 254 g/mol. The van der Waals surface area contributed by atoms with Crippen LogP contribution in [0.1, 0.15) is 55.9 Å². The van der Waals surface area contributed by atoms with Crippen molar-refractivity contribution >= 4 is 5.91 Å². The first kappa shape index (κ1) is 13.6. The Bertz CT molecular complexity index is 493. The first-order valence-corrected chi connectivity index (χ1v) is 7.55. The molecule has 0 radical (unpaired) electrons. The molecule has 2 aliphatic rings. The Morgan fingerprint density at radius 2 is 2.20 bits per heavy atom. The van der Waals surface area contributed by atoms with Crippen LogP contribution in [0.15, 0.2) is 10.7 Å². The summed E-state index contributed by atoms with van der Waals surface area (Å²) in [4.78, 5) is 18.9. The molecule has 1 saturated carbocycles. The summed E-state index contributed by atoms with van der Waals surface area (Å²) in [5, 5.41) is 3.10. The predicted molar refractivity (Wildman–Crippen MR) is 75.6 cm³/mol. The first-order valence-electron chi connectivity index (χ1n) is 7.55. The van der Waals surface area contributed by atoms with E-state index in [0.717, 1.165) is 31.8 Å². The minimum absolute atomic E-state index is 0.108. The van der Waals surface area contributed by atoms with Crippen LogP contribution in [0.5, 0.6) is 0 Å². The fourth-order valence-corrected chi connectivity index (χ4v) is 2.77. The van der Waals surface area contributed by atoms with Crippen molar-refractivity contribution < 1.29 is 9.21 Å². The van der Waals surface area contributed by atoms with Crippen molar-refractivity contribution in [2.45, 2.75) is 51.6 Å². The van der Waals surface area contributed by atoms with Crippen LogP contribution >= 0.6 is 0 Å². The Labute approximate surface area is 119 Å². The third kappa shape index (κ3) is 2.73. The van der Waals surface area contributed by atoms with Gasteiger partial charge in [-0.05, 0) is 32.6 Å². The maximum Gasteiger partial charge on any atom is 0.273 e. The number of aromatic nitrogens is 1. The van der Waals surface area contributed by atoms with Gasteiger partial charge in [-0.15, -0.1) is 0 Å². The van der Waals surface area contributed by atoms with Crippen LogP contribution in [0.2, 0.25) is 0 Å². The number of carbonyl (C=O) groups excluding carboxylic acids is 1. The van der Waals surface area contributed by atoms with E-state index >= 15 is 0 Å². The average Bonchev–Trinajstić information content (AvgIpc) is 3.01. The van der Waals surface area contributed by atoms with Gasteiger partial charge in [0.05, 0.1) is 0 Å². The number of likely N-dealkylation sites (tertiary alicyclic amines) is 1. The summed E-state index contributed by atoms with van der Waals surface area (Å²) in [6.07, 6.45) is 3.75. The standard InChI is InChI=1S/C15H23N3O2/c1-9(2)18-6-10(3)12(7-18)16-14(19)13-8-20-15(17-13)11-4-5-11/h8-12H,4-7H2,1-3H3,(H,16,19). The van der Waals surface area contributed by atoms with E-state index in [0.29, 0.717) is 23.6 Å². The molecule has 0 bridgehead atoms. The van der Waals surface area contributed by atoms with Gasteiger partial charge in [0.15, 0.2) is 11.6 Å². The van der Waals surface area contributed by atoms with Gasteiger partial charge in [0.25, 0.3) is 5.91 Å². The molecule has 1 aromatic rings. The zero-order valence-electron chi connectivity index (χ0n) is 12.4. The molecule has 0 spiro atoms. The van der Waals surface area contributed by atoms with Gasteiger partial charge in [-0.1, -0.05) is 6.92 Å². The van der Waals surface area contributed by atoms with E-state index in [1.165, 1.54) is 6.26 Å². The molecular formula is C15H23N3O2. The SMILES string of the molecule is CC1CN(C(C)C)CC1NC(=O)c1coc(C2CC2)n1. The lowest BCUT2D eigenvalue weighted by Crippen LogP contribution is -2.40. The van der Waals surface area contributed by atoms with Crippen molar-refractivity contribution in [2.24, 2.45) is 5.92 Å². The van der Waals surface area contributed by atoms with E-state index < -0.39 is 0 Å². The van der Waals surface area contributed by atoms with Gasteiger partial charge in [0.2, 0.25) is 0 Å². The Morgan fingerprint density at radius 1 is 1.45 bits per heavy atom. The molecule has 1 N–H and O–H groups in total. The second kappa shape index (κ2) is 5.20. The van der Waals surface area contributed by atoms with Gasteiger partial charge in [-0.2, -0.15) is 0 Å². The predicted octanol–water partition coefficient (Wildman–Crippen LogP) is 2.01. The minimum atomic E-state index is -0.108. The summed E-state index contributed by atoms with van der Waals surface area (Å²) < 4.78 is 5.38. The maximum atomic E-state index is 12.2. The number of oxazole rings is 1. The van der Waals surface area contributed by atoms with Crippen molar-refractivity contribution in [1.29, 1.82) is 0 Å². The molecule has 2 unspecified atom stereocenters. The number of rotatable bonds is 4. The zero-order chi connectivity index (χ0) is 14.3. The van der Waals surface area contributed by atoms with E-state index in [1.807, 2.05) is 0 Å². The van der Waals surface area contributed by atoms with Crippen molar-refractivity contribution in [3.63, 3.8) is 0 Å². The minimum Gasteiger partial charge on any atom is -0.448 e. The number of nitrogens with one attached hydrogen (secondary N) is 1. The first-order chi connectivity index (χ1) is 9.54. The van der Waals surface area contributed by atoms with Crippen LogP contribution in [0, 0.1) is 5.92 Å². The molecule has 1 aliphatic carbocycles. The Kier molecular flexibility index (Phi) is 3.54. The number of nitrogens with zero attached hydrogens (tertiary/aromatic N) is 2. The molecule has 2 fully saturated rings. The molecule has 110 valence electrons. The molecule has 5 heteroatoms. The molecule has 0 aromatic carbocycles. The molecule has 1 aliphatic heterocycles. The smallest absolute Gasteiger partial charge is 0.273 e. The summed E-state index contributed by atoms with van der Waals surface area (Å²) in [5.41, 5.74) is 0.419. The van der Waals surface area contributed by atoms with E-state index in [2.05, 4.69) is 36.0 Å². The van der Waals surface area contributed by atoms with E-state index in [-0.39, 0.29) is 11.9 Å². The molecule has 2 atom stereocenters. The third-order valence-corrected chi connectivity index (χ3v) is 4.37. The fraction of sp³-hybridized carbons (Fsp3) is 0.733. The summed E-state index contributed by atoms with van der Waals surface area (Å²) in [6, 6.07) is 0.721. The molecule has 1 saturated heterocycles. The van der Waals surface area contributed by atoms with Crippen LogP contribution < -0.4 is 5.32 Å². The van der Waals surface area contributed by atoms with E-state index in [4.69, 9.17) is 4.42 Å². The van der Waals surface area contributed by atoms with Crippen LogP contribution in [0.3, 0.4) is 0 Å². The quantitative estimate of drug-likeness (QED) is 0.914. The molecule has 1 aromatic heterocycles. The third-order valence-electron chi connectivity index (χ3n) is 4.37. The summed E-state index contributed by atoms with van der Waals surface area (Å²) in [5.74, 6) is 1.52. The molecule has 5 nitrogen and oxygen atoms in total. The average molecular weight is 277 g/mol. The molecule has 1 amide bonds.